The molecule has 0 N–H and O–H groups in total. The number of benzene rings is 3. The van der Waals surface area contributed by atoms with E-state index in [1.54, 1.807) is 0 Å². The van der Waals surface area contributed by atoms with Crippen molar-refractivity contribution in [3.63, 3.8) is 0 Å². The minimum Gasteiger partial charge on any atom is -0.314 e. The highest BCUT2D eigenvalue weighted by Gasteiger charge is 2.44. The molecule has 3 aromatic carbocycles. The van der Waals surface area contributed by atoms with Crippen molar-refractivity contribution in [2.75, 3.05) is 13.1 Å². The van der Waals surface area contributed by atoms with Crippen LogP contribution in [-0.2, 0) is 0 Å². The molecular formula is C22H25NSi. The fourth-order valence-corrected chi connectivity index (χ4v) is 8.85. The molecule has 0 bridgehead atoms. The molecule has 0 amide bonds. The third-order valence-electron chi connectivity index (χ3n) is 4.81. The largest absolute Gasteiger partial charge is 0.314 e. The Labute approximate surface area is 146 Å². The Morgan fingerprint density at radius 3 is 1.08 bits per heavy atom. The van der Waals surface area contributed by atoms with Crippen LogP contribution in [0.2, 0.25) is 0 Å². The molecule has 1 nitrogen and oxygen atoms in total. The number of hydrogen-bond acceptors (Lipinski definition) is 1. The molecule has 0 spiro atoms. The molecule has 0 radical (unpaired) electrons. The van der Waals surface area contributed by atoms with Gasteiger partial charge in [-0.2, -0.15) is 0 Å². The van der Waals surface area contributed by atoms with Crippen LogP contribution in [-0.4, -0.2) is 25.9 Å². The molecule has 24 heavy (non-hydrogen) atoms. The van der Waals surface area contributed by atoms with Gasteiger partial charge in [0.1, 0.15) is 0 Å². The lowest BCUT2D eigenvalue weighted by molar-refractivity contribution is 0.482. The monoisotopic (exact) mass is 331 g/mol. The molecule has 0 aliphatic heterocycles. The van der Waals surface area contributed by atoms with Crippen molar-refractivity contribution in [2.24, 2.45) is 0 Å². The van der Waals surface area contributed by atoms with E-state index in [1.807, 2.05) is 0 Å². The highest BCUT2D eigenvalue weighted by Crippen LogP contribution is 2.13. The predicted octanol–water partition coefficient (Wildman–Crippen LogP) is 3.00. The first-order valence-corrected chi connectivity index (χ1v) is 10.7. The lowest BCUT2D eigenvalue weighted by Crippen LogP contribution is -2.77. The van der Waals surface area contributed by atoms with Gasteiger partial charge in [0, 0.05) is 0 Å². The van der Waals surface area contributed by atoms with Gasteiger partial charge in [-0.3, -0.25) is 0 Å². The van der Waals surface area contributed by atoms with E-state index in [0.29, 0.717) is 0 Å². The molecule has 3 rings (SSSR count). The molecule has 2 heteroatoms. The van der Waals surface area contributed by atoms with Gasteiger partial charge < -0.3 is 4.57 Å². The summed E-state index contributed by atoms with van der Waals surface area (Å²) in [5, 5.41) is 4.35. The second kappa shape index (κ2) is 7.60. The van der Waals surface area contributed by atoms with E-state index in [0.717, 1.165) is 13.1 Å². The van der Waals surface area contributed by atoms with E-state index in [1.165, 1.54) is 15.6 Å². The fraction of sp³-hybridized carbons (Fsp3) is 0.182. The Kier molecular flexibility index (Phi) is 5.29. The fourth-order valence-electron chi connectivity index (χ4n) is 3.78. The van der Waals surface area contributed by atoms with Crippen LogP contribution in [0.4, 0.5) is 0 Å². The maximum absolute atomic E-state index is 2.69. The number of nitrogens with zero attached hydrogens (tertiary/aromatic N) is 1. The summed E-state index contributed by atoms with van der Waals surface area (Å²) in [7, 11) is -2.22. The molecule has 0 atom stereocenters. The van der Waals surface area contributed by atoms with E-state index in [-0.39, 0.29) is 0 Å². The Morgan fingerprint density at radius 1 is 0.542 bits per heavy atom. The molecule has 0 fully saturated rings. The van der Waals surface area contributed by atoms with E-state index in [9.17, 15) is 0 Å². The standard InChI is InChI=1S/C22H25NSi/c1-3-23(4-2)24(20-14-8-5-9-15-20,21-16-10-6-11-17-21)22-18-12-7-13-19-22/h5-19H,3-4H2,1-2H3. The molecule has 0 saturated carbocycles. The van der Waals surface area contributed by atoms with Crippen LogP contribution in [0.15, 0.2) is 91.0 Å². The first kappa shape index (κ1) is 16.7. The average Bonchev–Trinajstić information content (AvgIpc) is 2.68. The third-order valence-corrected chi connectivity index (χ3v) is 9.90. The Morgan fingerprint density at radius 2 is 0.833 bits per heavy atom. The normalized spacial score (nSPS) is 11.6. The van der Waals surface area contributed by atoms with E-state index >= 15 is 0 Å². The Balaban J connectivity index is 2.37. The Bertz CT molecular complexity index is 640. The van der Waals surface area contributed by atoms with Gasteiger partial charge in [0.25, 0.3) is 0 Å². The van der Waals surface area contributed by atoms with Crippen molar-refractivity contribution in [1.29, 1.82) is 0 Å². The number of rotatable bonds is 6. The molecule has 0 unspecified atom stereocenters. The average molecular weight is 332 g/mol. The third kappa shape index (κ3) is 2.83. The molecule has 3 aromatic rings. The van der Waals surface area contributed by atoms with Crippen molar-refractivity contribution in [3.05, 3.63) is 91.0 Å². The SMILES string of the molecule is CCN(CC)[Si](c1ccccc1)(c1ccccc1)c1ccccc1. The summed E-state index contributed by atoms with van der Waals surface area (Å²) in [4.78, 5) is 0. The topological polar surface area (TPSA) is 3.24 Å². The van der Waals surface area contributed by atoms with Crippen molar-refractivity contribution in [3.8, 4) is 0 Å². The maximum atomic E-state index is 2.69. The van der Waals surface area contributed by atoms with Gasteiger partial charge in [0.05, 0.1) is 0 Å². The van der Waals surface area contributed by atoms with Crippen molar-refractivity contribution in [1.82, 2.24) is 4.57 Å². The lowest BCUT2D eigenvalue weighted by atomic mass is 10.3. The van der Waals surface area contributed by atoms with E-state index in [2.05, 4.69) is 109 Å². The summed E-state index contributed by atoms with van der Waals surface area (Å²) in [6.07, 6.45) is 0. The van der Waals surface area contributed by atoms with Gasteiger partial charge in [-0.15, -0.1) is 0 Å². The van der Waals surface area contributed by atoms with Crippen LogP contribution < -0.4 is 15.6 Å². The number of hydrogen-bond donors (Lipinski definition) is 0. The van der Waals surface area contributed by atoms with Crippen molar-refractivity contribution >= 4 is 23.8 Å². The second-order valence-electron chi connectivity index (χ2n) is 5.98. The van der Waals surface area contributed by atoms with E-state index < -0.39 is 8.24 Å². The van der Waals surface area contributed by atoms with Crippen molar-refractivity contribution in [2.45, 2.75) is 13.8 Å². The zero-order valence-corrected chi connectivity index (χ0v) is 15.5. The smallest absolute Gasteiger partial charge is 0.224 e. The molecule has 0 aliphatic rings. The Hall–Kier alpha value is -2.16. The molecule has 0 saturated heterocycles. The van der Waals surface area contributed by atoms with Crippen LogP contribution in [0.1, 0.15) is 13.8 Å². The zero-order valence-electron chi connectivity index (χ0n) is 14.5. The first-order chi connectivity index (χ1) is 11.8. The molecule has 0 heterocycles. The second-order valence-corrected chi connectivity index (χ2v) is 9.77. The van der Waals surface area contributed by atoms with Gasteiger partial charge in [-0.25, -0.2) is 0 Å². The van der Waals surface area contributed by atoms with Gasteiger partial charge >= 0.3 is 0 Å². The van der Waals surface area contributed by atoms with Gasteiger partial charge in [-0.05, 0) is 28.6 Å². The summed E-state index contributed by atoms with van der Waals surface area (Å²) in [6.45, 7) is 6.64. The predicted molar refractivity (Wildman–Crippen MR) is 107 cm³/mol. The first-order valence-electron chi connectivity index (χ1n) is 8.75. The minimum atomic E-state index is -2.22. The molecule has 122 valence electrons. The van der Waals surface area contributed by atoms with Crippen LogP contribution in [0.25, 0.3) is 0 Å². The van der Waals surface area contributed by atoms with Crippen LogP contribution in [0, 0.1) is 0 Å². The summed E-state index contributed by atoms with van der Waals surface area (Å²) in [5.74, 6) is 0. The van der Waals surface area contributed by atoms with Gasteiger partial charge in [-0.1, -0.05) is 105 Å². The zero-order chi connectivity index (χ0) is 16.8. The highest BCUT2D eigenvalue weighted by molar-refractivity contribution is 7.09. The minimum absolute atomic E-state index is 1.04. The van der Waals surface area contributed by atoms with Crippen LogP contribution >= 0.6 is 0 Å². The quantitative estimate of drug-likeness (QED) is 0.496. The summed E-state index contributed by atoms with van der Waals surface area (Å²) in [5.41, 5.74) is 0. The van der Waals surface area contributed by atoms with Crippen LogP contribution in [0.3, 0.4) is 0 Å². The molecular weight excluding hydrogens is 306 g/mol. The van der Waals surface area contributed by atoms with Crippen molar-refractivity contribution < 1.29 is 0 Å². The van der Waals surface area contributed by atoms with Gasteiger partial charge in [0.2, 0.25) is 8.24 Å². The lowest BCUT2D eigenvalue weighted by Gasteiger charge is -2.42. The summed E-state index contributed by atoms with van der Waals surface area (Å²) < 4.78 is 2.69. The maximum Gasteiger partial charge on any atom is 0.224 e. The van der Waals surface area contributed by atoms with Crippen LogP contribution in [0.5, 0.6) is 0 Å². The molecule has 0 aromatic heterocycles. The van der Waals surface area contributed by atoms with E-state index in [4.69, 9.17) is 0 Å². The van der Waals surface area contributed by atoms with Gasteiger partial charge in [0.15, 0.2) is 0 Å². The summed E-state index contributed by atoms with van der Waals surface area (Å²) >= 11 is 0. The summed E-state index contributed by atoms with van der Waals surface area (Å²) in [6, 6.07) is 33.2. The molecule has 0 aliphatic carbocycles. The highest BCUT2D eigenvalue weighted by atomic mass is 28.3.